The maximum absolute atomic E-state index is 12.2. The Hall–Kier alpha value is -3.55. The number of hydrogen-bond donors (Lipinski definition) is 1. The molecule has 2 aromatic heterocycles. The van der Waals surface area contributed by atoms with Crippen LogP contribution in [0.5, 0.6) is 0 Å². The summed E-state index contributed by atoms with van der Waals surface area (Å²) < 4.78 is 6.74. The van der Waals surface area contributed by atoms with Crippen molar-refractivity contribution in [2.45, 2.75) is 6.42 Å². The molecule has 0 fully saturated rings. The number of amides is 1. The third kappa shape index (κ3) is 2.72. The number of nitrogens with zero attached hydrogens (tertiary/aromatic N) is 5. The summed E-state index contributed by atoms with van der Waals surface area (Å²) in [6.07, 6.45) is 1.65. The second-order valence-electron chi connectivity index (χ2n) is 5.15. The molecule has 0 aliphatic rings. The van der Waals surface area contributed by atoms with Crippen LogP contribution in [0, 0.1) is 0 Å². The van der Waals surface area contributed by atoms with E-state index in [1.807, 2.05) is 36.4 Å². The zero-order valence-electron chi connectivity index (χ0n) is 12.5. The number of benzene rings is 2. The first-order valence-electron chi connectivity index (χ1n) is 7.26. The first kappa shape index (κ1) is 14.1. The first-order chi connectivity index (χ1) is 11.8. The second-order valence-corrected chi connectivity index (χ2v) is 5.15. The van der Waals surface area contributed by atoms with E-state index >= 15 is 0 Å². The van der Waals surface area contributed by atoms with Crippen molar-refractivity contribution in [2.24, 2.45) is 0 Å². The lowest BCUT2D eigenvalue weighted by molar-refractivity contribution is -0.115. The Bertz CT molecular complexity index is 975. The number of aromatic nitrogens is 5. The van der Waals surface area contributed by atoms with Gasteiger partial charge in [0.1, 0.15) is 12.0 Å². The van der Waals surface area contributed by atoms with E-state index in [0.29, 0.717) is 17.0 Å². The molecule has 1 amide bonds. The summed E-state index contributed by atoms with van der Waals surface area (Å²) in [5.74, 6) is -0.163. The van der Waals surface area contributed by atoms with Gasteiger partial charge in [0.15, 0.2) is 5.58 Å². The third-order valence-electron chi connectivity index (χ3n) is 3.54. The molecule has 8 nitrogen and oxygen atoms in total. The first-order valence-corrected chi connectivity index (χ1v) is 7.26. The van der Waals surface area contributed by atoms with Crippen LogP contribution in [0.3, 0.4) is 0 Å². The maximum Gasteiger partial charge on any atom is 0.230 e. The van der Waals surface area contributed by atoms with Crippen LogP contribution >= 0.6 is 0 Å². The lowest BCUT2D eigenvalue weighted by Gasteiger charge is -2.05. The SMILES string of the molecule is O=C(Cc1noc2ccccc12)Nc1ccc(-n2cnnn2)cc1. The Labute approximate surface area is 136 Å². The van der Waals surface area contributed by atoms with E-state index in [4.69, 9.17) is 4.52 Å². The molecule has 118 valence electrons. The summed E-state index contributed by atoms with van der Waals surface area (Å²) in [4.78, 5) is 12.2. The Kier molecular flexibility index (Phi) is 3.47. The fourth-order valence-corrected chi connectivity index (χ4v) is 2.40. The van der Waals surface area contributed by atoms with E-state index in [1.165, 1.54) is 11.0 Å². The molecule has 4 rings (SSSR count). The van der Waals surface area contributed by atoms with Gasteiger partial charge in [-0.05, 0) is 46.8 Å². The van der Waals surface area contributed by atoms with E-state index in [-0.39, 0.29) is 12.3 Å². The predicted molar refractivity (Wildman–Crippen MR) is 85.5 cm³/mol. The van der Waals surface area contributed by atoms with Crippen LogP contribution in [0.25, 0.3) is 16.7 Å². The molecule has 0 saturated heterocycles. The van der Waals surface area contributed by atoms with Crippen molar-refractivity contribution in [2.75, 3.05) is 5.32 Å². The van der Waals surface area contributed by atoms with Crippen LogP contribution < -0.4 is 5.32 Å². The fraction of sp³-hybridized carbons (Fsp3) is 0.0625. The van der Waals surface area contributed by atoms with Gasteiger partial charge in [-0.15, -0.1) is 5.10 Å². The highest BCUT2D eigenvalue weighted by molar-refractivity contribution is 5.94. The normalized spacial score (nSPS) is 10.8. The van der Waals surface area contributed by atoms with Gasteiger partial charge in [0.2, 0.25) is 5.91 Å². The number of para-hydroxylation sites is 1. The molecule has 0 saturated carbocycles. The second kappa shape index (κ2) is 5.92. The summed E-state index contributed by atoms with van der Waals surface area (Å²) in [6, 6.07) is 14.7. The number of anilines is 1. The molecule has 24 heavy (non-hydrogen) atoms. The lowest BCUT2D eigenvalue weighted by atomic mass is 10.1. The average Bonchev–Trinajstić information content (AvgIpc) is 3.26. The van der Waals surface area contributed by atoms with E-state index < -0.39 is 0 Å². The molecule has 0 aliphatic carbocycles. The Morgan fingerprint density at radius 1 is 1.12 bits per heavy atom. The average molecular weight is 320 g/mol. The fourth-order valence-electron chi connectivity index (χ4n) is 2.40. The largest absolute Gasteiger partial charge is 0.356 e. The zero-order chi connectivity index (χ0) is 16.4. The zero-order valence-corrected chi connectivity index (χ0v) is 12.5. The molecule has 0 aliphatic heterocycles. The predicted octanol–water partition coefficient (Wildman–Crippen LogP) is 1.98. The molecular formula is C16H12N6O2. The van der Waals surface area contributed by atoms with Crippen molar-refractivity contribution >= 4 is 22.6 Å². The number of tetrazole rings is 1. The van der Waals surface area contributed by atoms with E-state index in [2.05, 4.69) is 26.0 Å². The molecule has 8 heteroatoms. The molecule has 2 aromatic carbocycles. The molecule has 0 atom stereocenters. The van der Waals surface area contributed by atoms with E-state index in [0.717, 1.165) is 11.1 Å². The van der Waals surface area contributed by atoms with E-state index in [1.54, 1.807) is 12.1 Å². The summed E-state index contributed by atoms with van der Waals surface area (Å²) in [5, 5.41) is 18.6. The summed E-state index contributed by atoms with van der Waals surface area (Å²) in [6.45, 7) is 0. The quantitative estimate of drug-likeness (QED) is 0.617. The van der Waals surface area contributed by atoms with Crippen molar-refractivity contribution in [3.8, 4) is 5.69 Å². The Morgan fingerprint density at radius 3 is 2.75 bits per heavy atom. The number of hydrogen-bond acceptors (Lipinski definition) is 6. The molecular weight excluding hydrogens is 308 g/mol. The summed E-state index contributed by atoms with van der Waals surface area (Å²) in [5.41, 5.74) is 2.78. The maximum atomic E-state index is 12.2. The van der Waals surface area contributed by atoms with Gasteiger partial charge in [-0.2, -0.15) is 0 Å². The minimum Gasteiger partial charge on any atom is -0.356 e. The number of carbonyl (C=O) groups is 1. The van der Waals surface area contributed by atoms with Crippen LogP contribution in [-0.2, 0) is 11.2 Å². The van der Waals surface area contributed by atoms with Gasteiger partial charge < -0.3 is 9.84 Å². The summed E-state index contributed by atoms with van der Waals surface area (Å²) >= 11 is 0. The van der Waals surface area contributed by atoms with Crippen LogP contribution in [0.2, 0.25) is 0 Å². The highest BCUT2D eigenvalue weighted by Gasteiger charge is 2.12. The third-order valence-corrected chi connectivity index (χ3v) is 3.54. The highest BCUT2D eigenvalue weighted by atomic mass is 16.5. The molecule has 4 aromatic rings. The van der Waals surface area contributed by atoms with Gasteiger partial charge in [-0.1, -0.05) is 17.3 Å². The highest BCUT2D eigenvalue weighted by Crippen LogP contribution is 2.19. The van der Waals surface area contributed by atoms with Gasteiger partial charge >= 0.3 is 0 Å². The van der Waals surface area contributed by atoms with Gasteiger partial charge in [-0.3, -0.25) is 4.79 Å². The lowest BCUT2D eigenvalue weighted by Crippen LogP contribution is -2.14. The number of fused-ring (bicyclic) bond motifs is 1. The van der Waals surface area contributed by atoms with Gasteiger partial charge in [0, 0.05) is 11.1 Å². The van der Waals surface area contributed by atoms with Crippen molar-refractivity contribution in [1.82, 2.24) is 25.4 Å². The number of rotatable bonds is 4. The van der Waals surface area contributed by atoms with Gasteiger partial charge in [0.05, 0.1) is 12.1 Å². The standard InChI is InChI=1S/C16H12N6O2/c23-16(9-14-13-3-1-2-4-15(13)24-19-14)18-11-5-7-12(8-6-11)22-10-17-20-21-22/h1-8,10H,9H2,(H,18,23). The van der Waals surface area contributed by atoms with Gasteiger partial charge in [-0.25, -0.2) is 4.68 Å². The topological polar surface area (TPSA) is 98.7 Å². The van der Waals surface area contributed by atoms with Crippen LogP contribution in [0.4, 0.5) is 5.69 Å². The van der Waals surface area contributed by atoms with Crippen molar-refractivity contribution in [1.29, 1.82) is 0 Å². The molecule has 0 unspecified atom stereocenters. The molecule has 0 spiro atoms. The monoisotopic (exact) mass is 320 g/mol. The van der Waals surface area contributed by atoms with Crippen molar-refractivity contribution in [3.63, 3.8) is 0 Å². The number of nitrogens with one attached hydrogen (secondary N) is 1. The molecule has 1 N–H and O–H groups in total. The van der Waals surface area contributed by atoms with E-state index in [9.17, 15) is 4.79 Å². The van der Waals surface area contributed by atoms with Crippen LogP contribution in [0.1, 0.15) is 5.69 Å². The van der Waals surface area contributed by atoms with Gasteiger partial charge in [0.25, 0.3) is 0 Å². The molecule has 0 radical (unpaired) electrons. The summed E-state index contributed by atoms with van der Waals surface area (Å²) in [7, 11) is 0. The Balaban J connectivity index is 1.46. The number of carbonyl (C=O) groups excluding carboxylic acids is 1. The van der Waals surface area contributed by atoms with Crippen LogP contribution in [0.15, 0.2) is 59.4 Å². The molecule has 2 heterocycles. The van der Waals surface area contributed by atoms with Crippen molar-refractivity contribution < 1.29 is 9.32 Å². The van der Waals surface area contributed by atoms with Crippen molar-refractivity contribution in [3.05, 3.63) is 60.6 Å². The minimum absolute atomic E-state index is 0.145. The minimum atomic E-state index is -0.163. The molecule has 0 bridgehead atoms. The van der Waals surface area contributed by atoms with Crippen LogP contribution in [-0.4, -0.2) is 31.3 Å². The Morgan fingerprint density at radius 2 is 1.96 bits per heavy atom. The smallest absolute Gasteiger partial charge is 0.230 e.